The molecule has 35 heavy (non-hydrogen) atoms. The van der Waals surface area contributed by atoms with Crippen LogP contribution in [0.3, 0.4) is 0 Å². The highest BCUT2D eigenvalue weighted by Crippen LogP contribution is 2.24. The Hall–Kier alpha value is -3.26. The number of amides is 1. The fourth-order valence-electron chi connectivity index (χ4n) is 3.42. The molecule has 7 nitrogen and oxygen atoms in total. The lowest BCUT2D eigenvalue weighted by atomic mass is 10.1. The van der Waals surface area contributed by atoms with Crippen molar-refractivity contribution in [3.63, 3.8) is 0 Å². The van der Waals surface area contributed by atoms with E-state index in [9.17, 15) is 14.4 Å². The van der Waals surface area contributed by atoms with Crippen molar-refractivity contribution in [2.45, 2.75) is 57.9 Å². The second kappa shape index (κ2) is 11.9. The Kier molecular flexibility index (Phi) is 8.98. The van der Waals surface area contributed by atoms with E-state index in [4.69, 9.17) is 13.9 Å². The van der Waals surface area contributed by atoms with Crippen LogP contribution in [0.2, 0.25) is 0 Å². The van der Waals surface area contributed by atoms with Crippen molar-refractivity contribution < 1.29 is 23.5 Å². The SMILES string of the molecule is CCCc1cc(=O)oc2cc(OC(=O)[C@H](CSCc3ccccc3)NC(=O)OC(C)(C)C)ccc12. The molecule has 186 valence electrons. The van der Waals surface area contributed by atoms with E-state index in [1.165, 1.54) is 23.9 Å². The Morgan fingerprint density at radius 1 is 1.09 bits per heavy atom. The molecule has 0 aliphatic carbocycles. The summed E-state index contributed by atoms with van der Waals surface area (Å²) in [6.07, 6.45) is 0.920. The zero-order chi connectivity index (χ0) is 25.4. The fourth-order valence-corrected chi connectivity index (χ4v) is 4.43. The van der Waals surface area contributed by atoms with Crippen LogP contribution in [0.4, 0.5) is 4.79 Å². The second-order valence-corrected chi connectivity index (χ2v) is 10.1. The van der Waals surface area contributed by atoms with Crippen molar-refractivity contribution in [1.29, 1.82) is 0 Å². The summed E-state index contributed by atoms with van der Waals surface area (Å²) in [6, 6.07) is 15.3. The summed E-state index contributed by atoms with van der Waals surface area (Å²) in [7, 11) is 0. The minimum Gasteiger partial charge on any atom is -0.444 e. The number of fused-ring (bicyclic) bond motifs is 1. The Balaban J connectivity index is 1.75. The highest BCUT2D eigenvalue weighted by molar-refractivity contribution is 7.98. The van der Waals surface area contributed by atoms with Gasteiger partial charge in [-0.2, -0.15) is 11.8 Å². The van der Waals surface area contributed by atoms with Crippen LogP contribution in [0.25, 0.3) is 11.0 Å². The van der Waals surface area contributed by atoms with Gasteiger partial charge in [-0.1, -0.05) is 43.7 Å². The number of hydrogen-bond donors (Lipinski definition) is 1. The summed E-state index contributed by atoms with van der Waals surface area (Å²) in [4.78, 5) is 37.4. The van der Waals surface area contributed by atoms with Gasteiger partial charge in [-0.25, -0.2) is 14.4 Å². The highest BCUT2D eigenvalue weighted by atomic mass is 32.2. The van der Waals surface area contributed by atoms with Gasteiger partial charge in [0, 0.05) is 29.0 Å². The number of benzene rings is 2. The monoisotopic (exact) mass is 497 g/mol. The average molecular weight is 498 g/mol. The first-order chi connectivity index (χ1) is 16.6. The maximum Gasteiger partial charge on any atom is 0.408 e. The van der Waals surface area contributed by atoms with Crippen molar-refractivity contribution in [2.24, 2.45) is 0 Å². The molecule has 1 aromatic heterocycles. The van der Waals surface area contributed by atoms with E-state index in [-0.39, 0.29) is 11.5 Å². The van der Waals surface area contributed by atoms with Crippen LogP contribution in [0, 0.1) is 0 Å². The molecule has 0 spiro atoms. The normalized spacial score (nSPS) is 12.2. The first kappa shape index (κ1) is 26.3. The van der Waals surface area contributed by atoms with Crippen LogP contribution in [0.15, 0.2) is 63.8 Å². The van der Waals surface area contributed by atoms with E-state index >= 15 is 0 Å². The maximum atomic E-state index is 13.0. The molecule has 0 aliphatic heterocycles. The second-order valence-electron chi connectivity index (χ2n) is 9.12. The van der Waals surface area contributed by atoms with E-state index in [1.54, 1.807) is 32.9 Å². The molecule has 0 saturated heterocycles. The van der Waals surface area contributed by atoms with Crippen molar-refractivity contribution in [2.75, 3.05) is 5.75 Å². The molecule has 2 aromatic carbocycles. The summed E-state index contributed by atoms with van der Waals surface area (Å²) in [5, 5.41) is 3.42. The number of rotatable bonds is 9. The largest absolute Gasteiger partial charge is 0.444 e. The van der Waals surface area contributed by atoms with E-state index in [1.807, 2.05) is 37.3 Å². The lowest BCUT2D eigenvalue weighted by Crippen LogP contribution is -2.46. The molecule has 1 heterocycles. The van der Waals surface area contributed by atoms with Gasteiger partial charge in [-0.05, 0) is 50.5 Å². The molecule has 0 bridgehead atoms. The molecule has 0 saturated carbocycles. The highest BCUT2D eigenvalue weighted by Gasteiger charge is 2.26. The van der Waals surface area contributed by atoms with Gasteiger partial charge in [0.05, 0.1) is 0 Å². The first-order valence-electron chi connectivity index (χ1n) is 11.5. The van der Waals surface area contributed by atoms with E-state index in [0.29, 0.717) is 11.3 Å². The van der Waals surface area contributed by atoms with Crippen LogP contribution in [0.5, 0.6) is 5.75 Å². The van der Waals surface area contributed by atoms with Gasteiger partial charge in [-0.3, -0.25) is 0 Å². The minimum atomic E-state index is -0.937. The predicted molar refractivity (Wildman–Crippen MR) is 138 cm³/mol. The molecule has 1 N–H and O–H groups in total. The lowest BCUT2D eigenvalue weighted by Gasteiger charge is -2.23. The predicted octanol–water partition coefficient (Wildman–Crippen LogP) is 5.48. The topological polar surface area (TPSA) is 94.8 Å². The Morgan fingerprint density at radius 3 is 2.51 bits per heavy atom. The standard InChI is InChI=1S/C27H31NO6S/c1-5-9-19-14-24(29)33-23-15-20(12-13-21(19)23)32-25(30)22(28-26(31)34-27(2,3)4)17-35-16-18-10-7-6-8-11-18/h6-8,10-15,22H,5,9,16-17H2,1-4H3,(H,28,31)/t22-/m0/s1. The van der Waals surface area contributed by atoms with Crippen LogP contribution in [0.1, 0.15) is 45.2 Å². The third-order valence-electron chi connectivity index (χ3n) is 4.91. The molecule has 1 atom stereocenters. The molecule has 0 aliphatic rings. The van der Waals surface area contributed by atoms with Crippen molar-refractivity contribution in [1.82, 2.24) is 5.32 Å². The van der Waals surface area contributed by atoms with Gasteiger partial charge >= 0.3 is 17.7 Å². The van der Waals surface area contributed by atoms with Gasteiger partial charge in [0.1, 0.15) is 23.0 Å². The first-order valence-corrected chi connectivity index (χ1v) is 12.7. The third kappa shape index (κ3) is 8.17. The average Bonchev–Trinajstić information content (AvgIpc) is 2.77. The fraction of sp³-hybridized carbons (Fsp3) is 0.370. The molecule has 1 amide bonds. The van der Waals surface area contributed by atoms with Gasteiger partial charge in [0.2, 0.25) is 0 Å². The van der Waals surface area contributed by atoms with Crippen LogP contribution in [-0.2, 0) is 21.7 Å². The van der Waals surface area contributed by atoms with Crippen LogP contribution in [-0.4, -0.2) is 29.5 Å². The third-order valence-corrected chi connectivity index (χ3v) is 6.02. The van der Waals surface area contributed by atoms with Gasteiger partial charge in [-0.15, -0.1) is 0 Å². The summed E-state index contributed by atoms with van der Waals surface area (Å²) < 4.78 is 16.2. The summed E-state index contributed by atoms with van der Waals surface area (Å²) in [5.74, 6) is 0.546. The number of thioether (sulfide) groups is 1. The number of nitrogens with one attached hydrogen (secondary N) is 1. The van der Waals surface area contributed by atoms with E-state index < -0.39 is 29.3 Å². The smallest absolute Gasteiger partial charge is 0.408 e. The van der Waals surface area contributed by atoms with E-state index in [2.05, 4.69) is 5.32 Å². The molecular formula is C27H31NO6S. The number of aryl methyl sites for hydroxylation is 1. The summed E-state index contributed by atoms with van der Waals surface area (Å²) in [6.45, 7) is 7.28. The zero-order valence-corrected chi connectivity index (χ0v) is 21.3. The molecular weight excluding hydrogens is 466 g/mol. The quantitative estimate of drug-likeness (QED) is 0.238. The number of esters is 1. The molecule has 0 radical (unpaired) electrons. The minimum absolute atomic E-state index is 0.225. The molecule has 3 aromatic rings. The van der Waals surface area contributed by atoms with Crippen molar-refractivity contribution in [3.05, 3.63) is 76.1 Å². The van der Waals surface area contributed by atoms with Crippen LogP contribution >= 0.6 is 11.8 Å². The van der Waals surface area contributed by atoms with Crippen molar-refractivity contribution >= 4 is 34.8 Å². The molecule has 8 heteroatoms. The number of carbonyl (C=O) groups excluding carboxylic acids is 2. The Labute approximate surface area is 209 Å². The molecule has 0 fully saturated rings. The van der Waals surface area contributed by atoms with Crippen LogP contribution < -0.4 is 15.7 Å². The molecule has 0 unspecified atom stereocenters. The number of carbonyl (C=O) groups is 2. The summed E-state index contributed by atoms with van der Waals surface area (Å²) >= 11 is 1.49. The van der Waals surface area contributed by atoms with Gasteiger partial charge in [0.25, 0.3) is 0 Å². The van der Waals surface area contributed by atoms with Gasteiger partial charge in [0.15, 0.2) is 0 Å². The number of ether oxygens (including phenoxy) is 2. The van der Waals surface area contributed by atoms with Crippen molar-refractivity contribution in [3.8, 4) is 5.75 Å². The Morgan fingerprint density at radius 2 is 1.83 bits per heavy atom. The number of alkyl carbamates (subject to hydrolysis) is 1. The maximum absolute atomic E-state index is 13.0. The Bertz CT molecular complexity index is 1220. The summed E-state index contributed by atoms with van der Waals surface area (Å²) in [5.41, 5.74) is 1.18. The zero-order valence-electron chi connectivity index (χ0n) is 20.5. The number of hydrogen-bond acceptors (Lipinski definition) is 7. The van der Waals surface area contributed by atoms with E-state index in [0.717, 1.165) is 29.4 Å². The lowest BCUT2D eigenvalue weighted by molar-refractivity contribution is -0.136. The van der Waals surface area contributed by atoms with Gasteiger partial charge < -0.3 is 19.2 Å². The molecule has 3 rings (SSSR count).